The molecule has 1 heterocycles. The number of amides is 2. The zero-order valence-corrected chi connectivity index (χ0v) is 14.4. The molecule has 0 aliphatic carbocycles. The maximum absolute atomic E-state index is 12.1. The van der Waals surface area contributed by atoms with E-state index >= 15 is 0 Å². The van der Waals surface area contributed by atoms with E-state index in [4.69, 9.17) is 9.47 Å². The Balaban J connectivity index is 1.84. The Bertz CT molecular complexity index is 622. The molecule has 24 heavy (non-hydrogen) atoms. The van der Waals surface area contributed by atoms with Crippen LogP contribution in [0.2, 0.25) is 0 Å². The molecule has 0 radical (unpaired) electrons. The summed E-state index contributed by atoms with van der Waals surface area (Å²) in [5.41, 5.74) is 0.739. The first-order valence-corrected chi connectivity index (χ1v) is 8.42. The minimum Gasteiger partial charge on any atom is -0.453 e. The predicted octanol–water partition coefficient (Wildman–Crippen LogP) is 1.18. The molecular weight excluding hydrogens is 332 g/mol. The number of hydrogen-bond donors (Lipinski definition) is 2. The number of nitrogens with one attached hydrogen (secondary N) is 2. The number of carbonyl (C=O) groups is 3. The molecule has 7 nitrogen and oxygen atoms in total. The second-order valence-electron chi connectivity index (χ2n) is 5.21. The van der Waals surface area contributed by atoms with E-state index in [0.29, 0.717) is 13.2 Å². The van der Waals surface area contributed by atoms with Crippen molar-refractivity contribution >= 4 is 35.2 Å². The lowest BCUT2D eigenvalue weighted by Crippen LogP contribution is -2.38. The monoisotopic (exact) mass is 352 g/mol. The number of para-hydroxylation sites is 1. The van der Waals surface area contributed by atoms with Crippen LogP contribution in [0.3, 0.4) is 0 Å². The average Bonchev–Trinajstić information content (AvgIpc) is 2.55. The van der Waals surface area contributed by atoms with E-state index in [1.165, 1.54) is 25.8 Å². The van der Waals surface area contributed by atoms with Crippen LogP contribution in [0, 0.1) is 0 Å². The van der Waals surface area contributed by atoms with Crippen molar-refractivity contribution in [2.45, 2.75) is 29.6 Å². The lowest BCUT2D eigenvalue weighted by molar-refractivity contribution is -0.155. The van der Waals surface area contributed by atoms with Crippen molar-refractivity contribution in [1.29, 1.82) is 0 Å². The van der Waals surface area contributed by atoms with Crippen LogP contribution in [0.25, 0.3) is 0 Å². The van der Waals surface area contributed by atoms with E-state index in [2.05, 4.69) is 10.6 Å². The van der Waals surface area contributed by atoms with Crippen molar-refractivity contribution in [1.82, 2.24) is 5.32 Å². The van der Waals surface area contributed by atoms with Crippen LogP contribution in [0.5, 0.6) is 0 Å². The number of benzene rings is 1. The Kier molecular flexibility index (Phi) is 6.62. The molecule has 0 fully saturated rings. The van der Waals surface area contributed by atoms with Gasteiger partial charge in [-0.1, -0.05) is 12.1 Å². The number of carbonyl (C=O) groups excluding carboxylic acids is 3. The van der Waals surface area contributed by atoms with E-state index in [0.717, 1.165) is 10.6 Å². The summed E-state index contributed by atoms with van der Waals surface area (Å²) in [6.45, 7) is 2.21. The lowest BCUT2D eigenvalue weighted by atomic mass is 10.2. The van der Waals surface area contributed by atoms with Gasteiger partial charge in [0.05, 0.1) is 24.0 Å². The Morgan fingerprint density at radius 2 is 2.12 bits per heavy atom. The molecule has 8 heteroatoms. The molecule has 0 saturated carbocycles. The third kappa shape index (κ3) is 4.97. The quantitative estimate of drug-likeness (QED) is 0.565. The Hall–Kier alpha value is -2.06. The van der Waals surface area contributed by atoms with Crippen LogP contribution in [-0.2, 0) is 23.9 Å². The van der Waals surface area contributed by atoms with Gasteiger partial charge in [-0.2, -0.15) is 0 Å². The van der Waals surface area contributed by atoms with Gasteiger partial charge in [0.1, 0.15) is 0 Å². The summed E-state index contributed by atoms with van der Waals surface area (Å²) in [5, 5.41) is 4.78. The molecule has 0 saturated heterocycles. The standard InChI is InChI=1S/C16H20N2O5S/c1-10(15(20)17-7-8-22-2)23-14(19)9-13-16(21)18-11-5-3-4-6-12(11)24-13/h3-6,10,13H,7-9H2,1-2H3,(H,17,20)(H,18,21)/t10-,13-/m1/s1. The Morgan fingerprint density at radius 3 is 2.88 bits per heavy atom. The molecule has 1 aliphatic rings. The average molecular weight is 352 g/mol. The molecule has 2 atom stereocenters. The van der Waals surface area contributed by atoms with Gasteiger partial charge in [-0.3, -0.25) is 14.4 Å². The fourth-order valence-electron chi connectivity index (χ4n) is 2.10. The highest BCUT2D eigenvalue weighted by Gasteiger charge is 2.30. The first-order valence-electron chi connectivity index (χ1n) is 7.54. The number of fused-ring (bicyclic) bond motifs is 1. The smallest absolute Gasteiger partial charge is 0.308 e. The summed E-state index contributed by atoms with van der Waals surface area (Å²) in [7, 11) is 1.53. The summed E-state index contributed by atoms with van der Waals surface area (Å²) < 4.78 is 9.92. The summed E-state index contributed by atoms with van der Waals surface area (Å²) >= 11 is 1.32. The zero-order chi connectivity index (χ0) is 17.5. The molecule has 0 bridgehead atoms. The number of rotatable bonds is 7. The van der Waals surface area contributed by atoms with Gasteiger partial charge in [-0.25, -0.2) is 0 Å². The topological polar surface area (TPSA) is 93.7 Å². The molecule has 1 aromatic rings. The van der Waals surface area contributed by atoms with E-state index < -0.39 is 23.2 Å². The highest BCUT2D eigenvalue weighted by Crippen LogP contribution is 2.36. The van der Waals surface area contributed by atoms with Crippen LogP contribution < -0.4 is 10.6 Å². The van der Waals surface area contributed by atoms with Crippen molar-refractivity contribution in [2.24, 2.45) is 0 Å². The fourth-order valence-corrected chi connectivity index (χ4v) is 3.19. The van der Waals surface area contributed by atoms with Crippen LogP contribution in [-0.4, -0.2) is 49.4 Å². The third-order valence-corrected chi connectivity index (χ3v) is 4.62. The van der Waals surface area contributed by atoms with Crippen molar-refractivity contribution in [3.8, 4) is 0 Å². The summed E-state index contributed by atoms with van der Waals surface area (Å²) in [4.78, 5) is 36.7. The number of esters is 1. The minimum absolute atomic E-state index is 0.0967. The van der Waals surface area contributed by atoms with Gasteiger partial charge < -0.3 is 20.1 Å². The highest BCUT2D eigenvalue weighted by atomic mass is 32.2. The third-order valence-electron chi connectivity index (χ3n) is 3.34. The lowest BCUT2D eigenvalue weighted by Gasteiger charge is -2.23. The van der Waals surface area contributed by atoms with Crippen molar-refractivity contribution in [3.05, 3.63) is 24.3 Å². The molecule has 1 aromatic carbocycles. The van der Waals surface area contributed by atoms with Crippen molar-refractivity contribution in [2.75, 3.05) is 25.6 Å². The predicted molar refractivity (Wildman–Crippen MR) is 89.8 cm³/mol. The van der Waals surface area contributed by atoms with Crippen LogP contribution in [0.15, 0.2) is 29.2 Å². The Labute approximate surface area is 144 Å². The number of thioether (sulfide) groups is 1. The second-order valence-corrected chi connectivity index (χ2v) is 6.46. The molecule has 2 N–H and O–H groups in total. The largest absolute Gasteiger partial charge is 0.453 e. The van der Waals surface area contributed by atoms with Gasteiger partial charge in [0.2, 0.25) is 5.91 Å². The van der Waals surface area contributed by atoms with Gasteiger partial charge in [-0.05, 0) is 19.1 Å². The van der Waals surface area contributed by atoms with E-state index in [9.17, 15) is 14.4 Å². The first kappa shape index (κ1) is 18.3. The van der Waals surface area contributed by atoms with Crippen molar-refractivity contribution in [3.63, 3.8) is 0 Å². The van der Waals surface area contributed by atoms with Gasteiger partial charge in [0.25, 0.3) is 5.91 Å². The van der Waals surface area contributed by atoms with Crippen LogP contribution in [0.4, 0.5) is 5.69 Å². The number of anilines is 1. The maximum Gasteiger partial charge on any atom is 0.308 e. The van der Waals surface area contributed by atoms with Crippen molar-refractivity contribution < 1.29 is 23.9 Å². The molecule has 2 amide bonds. The molecule has 0 aromatic heterocycles. The second kappa shape index (κ2) is 8.70. The SMILES string of the molecule is COCCNC(=O)[C@@H](C)OC(=O)C[C@H]1Sc2ccccc2NC1=O. The Morgan fingerprint density at radius 1 is 1.38 bits per heavy atom. The molecule has 130 valence electrons. The summed E-state index contributed by atoms with van der Waals surface area (Å²) in [6.07, 6.45) is -1.01. The summed E-state index contributed by atoms with van der Waals surface area (Å²) in [5.74, 6) is -1.23. The van der Waals surface area contributed by atoms with Gasteiger partial charge in [0.15, 0.2) is 6.10 Å². The first-order chi connectivity index (χ1) is 11.5. The zero-order valence-electron chi connectivity index (χ0n) is 13.5. The molecule has 0 spiro atoms. The van der Waals surface area contributed by atoms with Gasteiger partial charge >= 0.3 is 5.97 Å². The van der Waals surface area contributed by atoms with E-state index in [1.807, 2.05) is 18.2 Å². The molecule has 0 unspecified atom stereocenters. The normalized spacial score (nSPS) is 17.4. The number of hydrogen-bond acceptors (Lipinski definition) is 6. The summed E-state index contributed by atoms with van der Waals surface area (Å²) in [6, 6.07) is 7.38. The molecular formula is C16H20N2O5S. The van der Waals surface area contributed by atoms with Crippen LogP contribution in [0.1, 0.15) is 13.3 Å². The minimum atomic E-state index is -0.918. The fraction of sp³-hybridized carbons (Fsp3) is 0.438. The van der Waals surface area contributed by atoms with Gasteiger partial charge in [0, 0.05) is 18.6 Å². The van der Waals surface area contributed by atoms with E-state index in [1.54, 1.807) is 6.07 Å². The van der Waals surface area contributed by atoms with Gasteiger partial charge in [-0.15, -0.1) is 11.8 Å². The van der Waals surface area contributed by atoms with E-state index in [-0.39, 0.29) is 12.3 Å². The number of ether oxygens (including phenoxy) is 2. The number of methoxy groups -OCH3 is 1. The van der Waals surface area contributed by atoms with Crippen LogP contribution >= 0.6 is 11.8 Å². The molecule has 2 rings (SSSR count). The highest BCUT2D eigenvalue weighted by molar-refractivity contribution is 8.01. The maximum atomic E-state index is 12.1. The molecule has 1 aliphatic heterocycles.